The number of hydrogen-bond donors (Lipinski definition) is 0. The fraction of sp³-hybridized carbons (Fsp3) is 0.462. The molecule has 0 bridgehead atoms. The van der Waals surface area contributed by atoms with Gasteiger partial charge in [0.2, 0.25) is 5.91 Å². The fourth-order valence-electron chi connectivity index (χ4n) is 4.18. The van der Waals surface area contributed by atoms with Crippen molar-refractivity contribution in [1.82, 2.24) is 4.90 Å². The Morgan fingerprint density at radius 1 is 1.03 bits per heavy atom. The molecule has 0 aromatic heterocycles. The Kier molecular flexibility index (Phi) is 7.67. The molecule has 4 nitrogen and oxygen atoms in total. The van der Waals surface area contributed by atoms with E-state index in [1.165, 1.54) is 11.1 Å². The predicted octanol–water partition coefficient (Wildman–Crippen LogP) is 4.96. The van der Waals surface area contributed by atoms with Crippen LogP contribution in [0.1, 0.15) is 55.1 Å². The van der Waals surface area contributed by atoms with Gasteiger partial charge in [-0.3, -0.25) is 9.59 Å². The van der Waals surface area contributed by atoms with E-state index in [0.717, 1.165) is 50.9 Å². The van der Waals surface area contributed by atoms with Crippen LogP contribution in [0.15, 0.2) is 48.5 Å². The molecule has 0 radical (unpaired) electrons. The summed E-state index contributed by atoms with van der Waals surface area (Å²) in [6.45, 7) is 9.73. The average Bonchev–Trinajstić information content (AvgIpc) is 2.78. The Balaban J connectivity index is 1.62. The lowest BCUT2D eigenvalue weighted by Gasteiger charge is -2.36. The van der Waals surface area contributed by atoms with Crippen molar-refractivity contribution in [2.24, 2.45) is 11.8 Å². The van der Waals surface area contributed by atoms with E-state index in [4.69, 9.17) is 0 Å². The molecule has 0 unspecified atom stereocenters. The lowest BCUT2D eigenvalue weighted by molar-refractivity contribution is -0.137. The molecule has 0 atom stereocenters. The van der Waals surface area contributed by atoms with Crippen LogP contribution in [0, 0.1) is 11.8 Å². The van der Waals surface area contributed by atoms with Gasteiger partial charge in [-0.15, -0.1) is 0 Å². The van der Waals surface area contributed by atoms with E-state index in [0.29, 0.717) is 23.9 Å². The molecule has 4 heteroatoms. The molecule has 3 rings (SSSR count). The largest absolute Gasteiger partial charge is 0.371 e. The number of rotatable bonds is 8. The third-order valence-electron chi connectivity index (χ3n) is 5.94. The SMILES string of the molecule is CCc1ccc(CN(CC(C)C)C(=O)C2CCN(c3ccc(C=O)cc3)CC2)cc1. The normalized spacial score (nSPS) is 14.7. The minimum absolute atomic E-state index is 0.0872. The predicted molar refractivity (Wildman–Crippen MR) is 123 cm³/mol. The van der Waals surface area contributed by atoms with Crippen LogP contribution in [-0.4, -0.2) is 36.7 Å². The summed E-state index contributed by atoms with van der Waals surface area (Å²) in [6.07, 6.45) is 3.65. The fourth-order valence-corrected chi connectivity index (χ4v) is 4.18. The molecule has 1 saturated heterocycles. The van der Waals surface area contributed by atoms with Crippen LogP contribution in [0.25, 0.3) is 0 Å². The maximum Gasteiger partial charge on any atom is 0.226 e. The highest BCUT2D eigenvalue weighted by atomic mass is 16.2. The summed E-state index contributed by atoms with van der Waals surface area (Å²) in [7, 11) is 0. The van der Waals surface area contributed by atoms with E-state index in [2.05, 4.69) is 54.8 Å². The molecular formula is C26H34N2O2. The molecule has 0 N–H and O–H groups in total. The quantitative estimate of drug-likeness (QED) is 0.582. The van der Waals surface area contributed by atoms with Crippen LogP contribution in [0.2, 0.25) is 0 Å². The molecule has 30 heavy (non-hydrogen) atoms. The van der Waals surface area contributed by atoms with Crippen molar-refractivity contribution in [3.05, 3.63) is 65.2 Å². The van der Waals surface area contributed by atoms with Crippen molar-refractivity contribution in [2.75, 3.05) is 24.5 Å². The summed E-state index contributed by atoms with van der Waals surface area (Å²) < 4.78 is 0. The summed E-state index contributed by atoms with van der Waals surface area (Å²) >= 11 is 0. The number of hydrogen-bond acceptors (Lipinski definition) is 3. The first kappa shape index (κ1) is 22.1. The summed E-state index contributed by atoms with van der Waals surface area (Å²) in [5.74, 6) is 0.823. The Morgan fingerprint density at radius 2 is 1.63 bits per heavy atom. The topological polar surface area (TPSA) is 40.6 Å². The monoisotopic (exact) mass is 406 g/mol. The number of carbonyl (C=O) groups excluding carboxylic acids is 2. The number of amides is 1. The smallest absolute Gasteiger partial charge is 0.226 e. The van der Waals surface area contributed by atoms with Gasteiger partial charge in [-0.1, -0.05) is 45.0 Å². The van der Waals surface area contributed by atoms with E-state index in [-0.39, 0.29) is 5.92 Å². The number of anilines is 1. The average molecular weight is 407 g/mol. The first-order chi connectivity index (χ1) is 14.5. The second-order valence-corrected chi connectivity index (χ2v) is 8.75. The van der Waals surface area contributed by atoms with E-state index in [1.54, 1.807) is 0 Å². The van der Waals surface area contributed by atoms with Crippen LogP contribution in [0.4, 0.5) is 5.69 Å². The van der Waals surface area contributed by atoms with Crippen molar-refractivity contribution in [2.45, 2.75) is 46.6 Å². The van der Waals surface area contributed by atoms with Gasteiger partial charge in [-0.05, 0) is 60.6 Å². The zero-order chi connectivity index (χ0) is 21.5. The lowest BCUT2D eigenvalue weighted by atomic mass is 9.94. The third-order valence-corrected chi connectivity index (χ3v) is 5.94. The highest BCUT2D eigenvalue weighted by molar-refractivity contribution is 5.79. The van der Waals surface area contributed by atoms with Crippen LogP contribution in [0.5, 0.6) is 0 Å². The molecule has 1 aliphatic rings. The lowest BCUT2D eigenvalue weighted by Crippen LogP contribution is -2.43. The van der Waals surface area contributed by atoms with Gasteiger partial charge in [0.25, 0.3) is 0 Å². The minimum atomic E-state index is 0.0872. The van der Waals surface area contributed by atoms with Crippen LogP contribution >= 0.6 is 0 Å². The maximum atomic E-state index is 13.4. The summed E-state index contributed by atoms with van der Waals surface area (Å²) in [5.41, 5.74) is 4.35. The zero-order valence-electron chi connectivity index (χ0n) is 18.5. The number of nitrogens with zero attached hydrogens (tertiary/aromatic N) is 2. The van der Waals surface area contributed by atoms with Crippen molar-refractivity contribution >= 4 is 17.9 Å². The Labute approximate surface area is 180 Å². The number of benzene rings is 2. The molecule has 1 aliphatic heterocycles. The molecule has 2 aromatic carbocycles. The van der Waals surface area contributed by atoms with Crippen molar-refractivity contribution < 1.29 is 9.59 Å². The van der Waals surface area contributed by atoms with Gasteiger partial charge < -0.3 is 9.80 Å². The maximum absolute atomic E-state index is 13.4. The summed E-state index contributed by atoms with van der Waals surface area (Å²) in [5, 5.41) is 0. The van der Waals surface area contributed by atoms with E-state index >= 15 is 0 Å². The molecule has 1 heterocycles. The van der Waals surface area contributed by atoms with Gasteiger partial charge in [-0.25, -0.2) is 0 Å². The molecule has 160 valence electrons. The highest BCUT2D eigenvalue weighted by Gasteiger charge is 2.29. The van der Waals surface area contributed by atoms with Gasteiger partial charge in [0, 0.05) is 43.3 Å². The second-order valence-electron chi connectivity index (χ2n) is 8.75. The standard InChI is InChI=1S/C26H34N2O2/c1-4-21-5-7-22(8-6-21)18-28(17-20(2)3)26(30)24-13-15-27(16-14-24)25-11-9-23(19-29)10-12-25/h5-12,19-20,24H,4,13-18H2,1-3H3. The Hall–Kier alpha value is -2.62. The number of carbonyl (C=O) groups is 2. The number of piperidine rings is 1. The second kappa shape index (κ2) is 10.4. The van der Waals surface area contributed by atoms with Crippen molar-refractivity contribution in [3.8, 4) is 0 Å². The van der Waals surface area contributed by atoms with E-state index in [9.17, 15) is 9.59 Å². The van der Waals surface area contributed by atoms with Gasteiger partial charge in [0.1, 0.15) is 6.29 Å². The molecule has 0 saturated carbocycles. The van der Waals surface area contributed by atoms with Gasteiger partial charge in [0.05, 0.1) is 0 Å². The van der Waals surface area contributed by atoms with Crippen molar-refractivity contribution in [1.29, 1.82) is 0 Å². The highest BCUT2D eigenvalue weighted by Crippen LogP contribution is 2.26. The minimum Gasteiger partial charge on any atom is -0.371 e. The summed E-state index contributed by atoms with van der Waals surface area (Å²) in [4.78, 5) is 28.6. The first-order valence-electron chi connectivity index (χ1n) is 11.2. The van der Waals surface area contributed by atoms with Crippen LogP contribution in [0.3, 0.4) is 0 Å². The zero-order valence-corrected chi connectivity index (χ0v) is 18.5. The molecule has 0 aliphatic carbocycles. The first-order valence-corrected chi connectivity index (χ1v) is 11.2. The molecular weight excluding hydrogens is 372 g/mol. The van der Waals surface area contributed by atoms with Gasteiger partial charge in [0.15, 0.2) is 0 Å². The third kappa shape index (κ3) is 5.71. The molecule has 2 aromatic rings. The Bertz CT molecular complexity index is 819. The van der Waals surface area contributed by atoms with Gasteiger partial charge >= 0.3 is 0 Å². The summed E-state index contributed by atoms with van der Waals surface area (Å²) in [6, 6.07) is 16.4. The van der Waals surface area contributed by atoms with Gasteiger partial charge in [-0.2, -0.15) is 0 Å². The van der Waals surface area contributed by atoms with E-state index < -0.39 is 0 Å². The van der Waals surface area contributed by atoms with Crippen LogP contribution in [-0.2, 0) is 17.8 Å². The van der Waals surface area contributed by atoms with Crippen LogP contribution < -0.4 is 4.90 Å². The number of aldehydes is 1. The molecule has 0 spiro atoms. The van der Waals surface area contributed by atoms with E-state index in [1.807, 2.05) is 24.3 Å². The number of aryl methyl sites for hydroxylation is 1. The molecule has 1 amide bonds. The van der Waals surface area contributed by atoms with Crippen molar-refractivity contribution in [3.63, 3.8) is 0 Å². The Morgan fingerprint density at radius 3 is 2.17 bits per heavy atom. The molecule has 1 fully saturated rings.